The Labute approximate surface area is 186 Å². The Morgan fingerprint density at radius 1 is 0.793 bits per heavy atom. The van der Waals surface area contributed by atoms with Crippen LogP contribution in [-0.4, -0.2) is 59.9 Å². The lowest BCUT2D eigenvalue weighted by Gasteiger charge is -2.41. The van der Waals surface area contributed by atoms with E-state index >= 15 is 0 Å². The van der Waals surface area contributed by atoms with Crippen LogP contribution in [0.15, 0.2) is 30.3 Å². The molecule has 1 rings (SSSR count). The van der Waals surface area contributed by atoms with Gasteiger partial charge in [0.15, 0.2) is 9.04 Å². The molecule has 0 fully saturated rings. The first-order chi connectivity index (χ1) is 13.2. The lowest BCUT2D eigenvalue weighted by atomic mass is 10.4. The Morgan fingerprint density at radius 3 is 1.83 bits per heavy atom. The average molecular weight is 506 g/mol. The standard InChI is InChI=1S/C17H37O6Si6/c1-11-18-24-19-29(10,17-15-13-12-14-16-17)23-28(8,9)22-27(6,7)21-26(4,5)20-25(2)3/h12-16H,11H2,1-10H3. The number of rotatable bonds is 13. The van der Waals surface area contributed by atoms with E-state index in [0.29, 0.717) is 6.61 Å². The zero-order valence-corrected chi connectivity index (χ0v) is 25.5. The molecule has 0 amide bonds. The highest BCUT2D eigenvalue weighted by molar-refractivity contribution is 6.92. The van der Waals surface area contributed by atoms with Gasteiger partial charge in [-0.3, -0.25) is 0 Å². The van der Waals surface area contributed by atoms with Gasteiger partial charge in [0, 0.05) is 6.61 Å². The normalized spacial score (nSPS) is 15.6. The number of hydrogen-bond donors (Lipinski definition) is 0. The van der Waals surface area contributed by atoms with Crippen molar-refractivity contribution in [2.45, 2.75) is 65.8 Å². The highest BCUT2D eigenvalue weighted by Gasteiger charge is 2.47. The van der Waals surface area contributed by atoms with Crippen molar-refractivity contribution >= 4 is 58.5 Å². The lowest BCUT2D eigenvalue weighted by molar-refractivity contribution is 0.264. The molecule has 0 bridgehead atoms. The van der Waals surface area contributed by atoms with Gasteiger partial charge in [-0.25, -0.2) is 0 Å². The molecule has 0 aliphatic heterocycles. The minimum absolute atomic E-state index is 0.0550. The van der Waals surface area contributed by atoms with Gasteiger partial charge in [0.05, 0.1) is 0 Å². The highest BCUT2D eigenvalue weighted by atomic mass is 28.5. The van der Waals surface area contributed by atoms with Crippen LogP contribution < -0.4 is 5.19 Å². The van der Waals surface area contributed by atoms with Crippen LogP contribution in [0.25, 0.3) is 0 Å². The van der Waals surface area contributed by atoms with Crippen molar-refractivity contribution < 1.29 is 25.0 Å². The molecule has 3 radical (unpaired) electrons. The van der Waals surface area contributed by atoms with E-state index in [1.165, 1.54) is 0 Å². The lowest BCUT2D eigenvalue weighted by Crippen LogP contribution is -2.62. The van der Waals surface area contributed by atoms with E-state index in [0.717, 1.165) is 5.19 Å². The van der Waals surface area contributed by atoms with Gasteiger partial charge in [-0.1, -0.05) is 30.3 Å². The fourth-order valence-corrected chi connectivity index (χ4v) is 25.3. The Hall–Kier alpha value is 0.281. The SMILES string of the molecule is CCO[Si]O[Si](C)(O[Si](C)(C)O[Si](C)(C)O[Si](C)(C)O[Si](C)C)c1ccccc1. The zero-order valence-electron chi connectivity index (χ0n) is 19.5. The zero-order chi connectivity index (χ0) is 22.3. The summed E-state index contributed by atoms with van der Waals surface area (Å²) in [5.41, 5.74) is 0. The maximum absolute atomic E-state index is 6.69. The van der Waals surface area contributed by atoms with Crippen LogP contribution in [0.5, 0.6) is 0 Å². The van der Waals surface area contributed by atoms with Crippen molar-refractivity contribution in [1.82, 2.24) is 0 Å². The molecule has 0 saturated heterocycles. The molecule has 1 aromatic carbocycles. The van der Waals surface area contributed by atoms with Crippen LogP contribution in [0.2, 0.25) is 58.9 Å². The minimum atomic E-state index is -2.71. The highest BCUT2D eigenvalue weighted by Crippen LogP contribution is 2.25. The molecule has 29 heavy (non-hydrogen) atoms. The predicted octanol–water partition coefficient (Wildman–Crippen LogP) is 3.98. The van der Waals surface area contributed by atoms with Crippen molar-refractivity contribution in [1.29, 1.82) is 0 Å². The van der Waals surface area contributed by atoms with E-state index in [9.17, 15) is 0 Å². The molecule has 12 heteroatoms. The number of benzene rings is 1. The van der Waals surface area contributed by atoms with Crippen LogP contribution in [0.1, 0.15) is 6.92 Å². The molecule has 0 saturated carbocycles. The monoisotopic (exact) mass is 505 g/mol. The van der Waals surface area contributed by atoms with Gasteiger partial charge in [-0.15, -0.1) is 0 Å². The van der Waals surface area contributed by atoms with Gasteiger partial charge in [0.2, 0.25) is 0 Å². The Morgan fingerprint density at radius 2 is 1.31 bits per heavy atom. The van der Waals surface area contributed by atoms with Gasteiger partial charge in [-0.05, 0) is 71.0 Å². The maximum atomic E-state index is 6.69. The number of hydrogen-bond acceptors (Lipinski definition) is 6. The van der Waals surface area contributed by atoms with Gasteiger partial charge < -0.3 is 25.0 Å². The molecule has 165 valence electrons. The van der Waals surface area contributed by atoms with E-state index in [1.54, 1.807) is 0 Å². The van der Waals surface area contributed by atoms with E-state index in [4.69, 9.17) is 25.0 Å². The molecule has 0 aromatic heterocycles. The molecular formula is C17H37O6Si6. The molecule has 0 spiro atoms. The van der Waals surface area contributed by atoms with Crippen molar-refractivity contribution in [2.24, 2.45) is 0 Å². The van der Waals surface area contributed by atoms with Crippen molar-refractivity contribution in [3.05, 3.63) is 30.3 Å². The van der Waals surface area contributed by atoms with E-state index in [-0.39, 0.29) is 10.0 Å². The topological polar surface area (TPSA) is 55.4 Å². The van der Waals surface area contributed by atoms with Crippen LogP contribution in [0.4, 0.5) is 0 Å². The van der Waals surface area contributed by atoms with Gasteiger partial charge in [-0.2, -0.15) is 0 Å². The molecule has 0 heterocycles. The first-order valence-electron chi connectivity index (χ1n) is 9.90. The van der Waals surface area contributed by atoms with Gasteiger partial charge in [0.25, 0.3) is 0 Å². The summed E-state index contributed by atoms with van der Waals surface area (Å²) in [6.07, 6.45) is 0. The summed E-state index contributed by atoms with van der Waals surface area (Å²) in [7, 11) is -10.8. The van der Waals surface area contributed by atoms with Crippen LogP contribution >= 0.6 is 0 Å². The first kappa shape index (κ1) is 27.3. The third-order valence-electron chi connectivity index (χ3n) is 3.61. The average Bonchev–Trinajstić information content (AvgIpc) is 2.51. The molecule has 1 aromatic rings. The maximum Gasteiger partial charge on any atom is 0.423 e. The third kappa shape index (κ3) is 10.4. The fourth-order valence-electron chi connectivity index (χ4n) is 3.25. The minimum Gasteiger partial charge on any atom is -0.437 e. The predicted molar refractivity (Wildman–Crippen MR) is 130 cm³/mol. The Bertz CT molecular complexity index is 616. The van der Waals surface area contributed by atoms with E-state index in [1.807, 2.05) is 25.1 Å². The van der Waals surface area contributed by atoms with E-state index in [2.05, 4.69) is 71.1 Å². The van der Waals surface area contributed by atoms with Crippen molar-refractivity contribution in [3.63, 3.8) is 0 Å². The summed E-state index contributed by atoms with van der Waals surface area (Å²) in [6.45, 7) is 21.4. The summed E-state index contributed by atoms with van der Waals surface area (Å²) < 4.78 is 37.5. The molecule has 0 N–H and O–H groups in total. The van der Waals surface area contributed by atoms with Crippen LogP contribution in [-0.2, 0) is 25.0 Å². The summed E-state index contributed by atoms with van der Waals surface area (Å²) in [5, 5.41) is 1.07. The molecule has 6 nitrogen and oxygen atoms in total. The molecule has 1 atom stereocenters. The van der Waals surface area contributed by atoms with Crippen molar-refractivity contribution in [3.8, 4) is 0 Å². The Kier molecular flexibility index (Phi) is 10.6. The van der Waals surface area contributed by atoms with Crippen LogP contribution in [0, 0.1) is 0 Å². The third-order valence-corrected chi connectivity index (χ3v) is 22.3. The largest absolute Gasteiger partial charge is 0.437 e. The molecule has 0 aliphatic rings. The molecule has 1 unspecified atom stereocenters. The summed E-state index contributed by atoms with van der Waals surface area (Å²) in [5.74, 6) is 0. The molecule has 0 aliphatic carbocycles. The molecular weight excluding hydrogens is 469 g/mol. The quantitative estimate of drug-likeness (QED) is 0.299. The Balaban J connectivity index is 2.96. The second-order valence-electron chi connectivity index (χ2n) is 8.45. The first-order valence-corrected chi connectivity index (χ1v) is 23.9. The van der Waals surface area contributed by atoms with Crippen LogP contribution in [0.3, 0.4) is 0 Å². The summed E-state index contributed by atoms with van der Waals surface area (Å²) in [4.78, 5) is 0. The van der Waals surface area contributed by atoms with Crippen molar-refractivity contribution in [2.75, 3.05) is 6.61 Å². The smallest absolute Gasteiger partial charge is 0.423 e. The summed E-state index contributed by atoms with van der Waals surface area (Å²) >= 11 is 0. The van der Waals surface area contributed by atoms with E-state index < -0.39 is 43.3 Å². The fraction of sp³-hybridized carbons (Fsp3) is 0.647. The second-order valence-corrected chi connectivity index (χ2v) is 25.7. The second kappa shape index (κ2) is 11.2. The summed E-state index contributed by atoms with van der Waals surface area (Å²) in [6, 6.07) is 10.1. The van der Waals surface area contributed by atoms with Gasteiger partial charge in [0.1, 0.15) is 0 Å². The van der Waals surface area contributed by atoms with Gasteiger partial charge >= 0.3 is 44.3 Å².